The molecular weight excluding hydrogens is 232 g/mol. The maximum Gasteiger partial charge on any atom is 0.221 e. The lowest BCUT2D eigenvalue weighted by Gasteiger charge is -2.24. The molecule has 0 aliphatic carbocycles. The smallest absolute Gasteiger partial charge is 0.221 e. The van der Waals surface area contributed by atoms with Crippen LogP contribution in [0.25, 0.3) is 0 Å². The lowest BCUT2D eigenvalue weighted by molar-refractivity contribution is -0.121. The van der Waals surface area contributed by atoms with Crippen LogP contribution in [0.3, 0.4) is 0 Å². The Morgan fingerprint density at radius 1 is 1.59 bits per heavy atom. The van der Waals surface area contributed by atoms with Crippen molar-refractivity contribution in [1.82, 2.24) is 5.32 Å². The normalized spacial score (nSPS) is 10.9. The van der Waals surface area contributed by atoms with E-state index < -0.39 is 0 Å². The van der Waals surface area contributed by atoms with Crippen molar-refractivity contribution in [1.29, 1.82) is 5.26 Å². The zero-order valence-electron chi connectivity index (χ0n) is 10.5. The molecule has 0 radical (unpaired) electrons. The second kappa shape index (κ2) is 5.83. The first-order valence-corrected chi connectivity index (χ1v) is 6.53. The summed E-state index contributed by atoms with van der Waals surface area (Å²) in [6.07, 6.45) is 0.570. The van der Waals surface area contributed by atoms with Gasteiger partial charge in [-0.2, -0.15) is 5.26 Å². The van der Waals surface area contributed by atoms with Crippen molar-refractivity contribution in [2.45, 2.75) is 39.0 Å². The Labute approximate surface area is 106 Å². The van der Waals surface area contributed by atoms with Crippen LogP contribution in [0.2, 0.25) is 0 Å². The molecule has 4 heteroatoms. The highest BCUT2D eigenvalue weighted by Gasteiger charge is 2.24. The number of carbonyl (C=O) groups is 1. The summed E-state index contributed by atoms with van der Waals surface area (Å²) in [6, 6.07) is 4.07. The molecular formula is C13H18N2OS. The first-order chi connectivity index (χ1) is 7.97. The van der Waals surface area contributed by atoms with Crippen molar-refractivity contribution in [3.05, 3.63) is 21.9 Å². The van der Waals surface area contributed by atoms with E-state index in [0.717, 1.165) is 0 Å². The molecule has 0 atom stereocenters. The number of nitriles is 1. The lowest BCUT2D eigenvalue weighted by Crippen LogP contribution is -2.36. The van der Waals surface area contributed by atoms with Crippen molar-refractivity contribution in [3.63, 3.8) is 0 Å². The molecule has 1 aromatic rings. The molecule has 1 N–H and O–H groups in total. The van der Waals surface area contributed by atoms with Crippen molar-refractivity contribution in [2.24, 2.45) is 0 Å². The summed E-state index contributed by atoms with van der Waals surface area (Å²) in [5.41, 5.74) is 1.21. The number of aryl methyl sites for hydroxylation is 1. The second-order valence-electron chi connectivity index (χ2n) is 4.75. The van der Waals surface area contributed by atoms with Crippen LogP contribution in [0.1, 0.15) is 37.1 Å². The Morgan fingerprint density at radius 3 is 2.82 bits per heavy atom. The van der Waals surface area contributed by atoms with Gasteiger partial charge in [0.1, 0.15) is 0 Å². The van der Waals surface area contributed by atoms with E-state index in [2.05, 4.69) is 37.5 Å². The zero-order chi connectivity index (χ0) is 12.9. The molecule has 0 spiro atoms. The van der Waals surface area contributed by atoms with Crippen LogP contribution in [0, 0.1) is 18.3 Å². The third-order valence-corrected chi connectivity index (χ3v) is 4.05. The lowest BCUT2D eigenvalue weighted by atomic mass is 9.89. The summed E-state index contributed by atoms with van der Waals surface area (Å²) < 4.78 is 0. The van der Waals surface area contributed by atoms with E-state index in [1.807, 2.05) is 6.07 Å². The molecule has 92 valence electrons. The molecule has 3 nitrogen and oxygen atoms in total. The van der Waals surface area contributed by atoms with Gasteiger partial charge in [0.2, 0.25) is 5.91 Å². The van der Waals surface area contributed by atoms with Crippen LogP contribution in [-0.2, 0) is 10.2 Å². The Kier molecular flexibility index (Phi) is 4.71. The first-order valence-electron chi connectivity index (χ1n) is 5.65. The number of hydrogen-bond acceptors (Lipinski definition) is 3. The van der Waals surface area contributed by atoms with Gasteiger partial charge in [0, 0.05) is 29.7 Å². The number of carbonyl (C=O) groups excluding carboxylic acids is 1. The van der Waals surface area contributed by atoms with Crippen LogP contribution < -0.4 is 5.32 Å². The fourth-order valence-electron chi connectivity index (χ4n) is 1.72. The predicted octanol–water partition coefficient (Wildman–Crippen LogP) is 2.75. The molecule has 1 heterocycles. The summed E-state index contributed by atoms with van der Waals surface area (Å²) in [7, 11) is 0. The minimum Gasteiger partial charge on any atom is -0.355 e. The second-order valence-corrected chi connectivity index (χ2v) is 5.67. The summed E-state index contributed by atoms with van der Waals surface area (Å²) in [5.74, 6) is -0.0474. The van der Waals surface area contributed by atoms with Crippen molar-refractivity contribution in [2.75, 3.05) is 6.54 Å². The number of rotatable bonds is 5. The van der Waals surface area contributed by atoms with E-state index in [-0.39, 0.29) is 24.2 Å². The van der Waals surface area contributed by atoms with Gasteiger partial charge in [0.05, 0.1) is 6.07 Å². The van der Waals surface area contributed by atoms with Crippen LogP contribution >= 0.6 is 11.3 Å². The number of amides is 1. The fraction of sp³-hybridized carbons (Fsp3) is 0.538. The molecule has 0 aromatic carbocycles. The average Bonchev–Trinajstić information content (AvgIpc) is 2.71. The number of hydrogen-bond donors (Lipinski definition) is 1. The van der Waals surface area contributed by atoms with Crippen LogP contribution in [0.5, 0.6) is 0 Å². The Bertz CT molecular complexity index is 429. The third-order valence-electron chi connectivity index (χ3n) is 2.67. The molecule has 17 heavy (non-hydrogen) atoms. The average molecular weight is 250 g/mol. The Morgan fingerprint density at radius 2 is 2.29 bits per heavy atom. The van der Waals surface area contributed by atoms with Crippen molar-refractivity contribution in [3.8, 4) is 6.07 Å². The topological polar surface area (TPSA) is 52.9 Å². The highest BCUT2D eigenvalue weighted by atomic mass is 32.1. The molecule has 0 fully saturated rings. The van der Waals surface area contributed by atoms with Gasteiger partial charge in [-0.15, -0.1) is 11.3 Å². The number of nitrogens with zero attached hydrogens (tertiary/aromatic N) is 1. The van der Waals surface area contributed by atoms with Gasteiger partial charge >= 0.3 is 0 Å². The van der Waals surface area contributed by atoms with E-state index in [1.165, 1.54) is 10.4 Å². The highest BCUT2D eigenvalue weighted by molar-refractivity contribution is 7.10. The molecule has 0 unspecified atom stereocenters. The van der Waals surface area contributed by atoms with Gasteiger partial charge < -0.3 is 5.32 Å². The van der Waals surface area contributed by atoms with Crippen molar-refractivity contribution >= 4 is 17.2 Å². The minimum absolute atomic E-state index is 0.0474. The number of thiophene rings is 1. The largest absolute Gasteiger partial charge is 0.355 e. The molecule has 1 aromatic heterocycles. The molecule has 0 bridgehead atoms. The van der Waals surface area contributed by atoms with Gasteiger partial charge in [-0.25, -0.2) is 0 Å². The fourth-order valence-corrected chi connectivity index (χ4v) is 2.78. The zero-order valence-corrected chi connectivity index (χ0v) is 11.4. The summed E-state index contributed by atoms with van der Waals surface area (Å²) >= 11 is 1.72. The molecule has 0 saturated heterocycles. The third kappa shape index (κ3) is 3.86. The minimum atomic E-state index is -0.0550. The Balaban J connectivity index is 2.54. The van der Waals surface area contributed by atoms with E-state index >= 15 is 0 Å². The number of nitrogens with one attached hydrogen (secondary N) is 1. The Hall–Kier alpha value is -1.34. The van der Waals surface area contributed by atoms with Crippen LogP contribution in [-0.4, -0.2) is 12.5 Å². The van der Waals surface area contributed by atoms with Gasteiger partial charge in [-0.05, 0) is 23.9 Å². The van der Waals surface area contributed by atoms with E-state index in [0.29, 0.717) is 6.54 Å². The highest BCUT2D eigenvalue weighted by Crippen LogP contribution is 2.30. The predicted molar refractivity (Wildman–Crippen MR) is 69.9 cm³/mol. The molecule has 0 saturated carbocycles. The maximum atomic E-state index is 11.4. The molecule has 1 amide bonds. The maximum absolute atomic E-state index is 11.4. The van der Waals surface area contributed by atoms with Crippen LogP contribution in [0.15, 0.2) is 11.4 Å². The SMILES string of the molecule is Cc1ccsc1C(C)(C)CNC(=O)CCC#N. The van der Waals surface area contributed by atoms with Crippen LogP contribution in [0.4, 0.5) is 0 Å². The standard InChI is InChI=1S/C13H18N2OS/c1-10-6-8-17-12(10)13(2,3)9-15-11(16)5-4-7-14/h6,8H,4-5,9H2,1-3H3,(H,15,16). The van der Waals surface area contributed by atoms with E-state index in [1.54, 1.807) is 11.3 Å². The summed E-state index contributed by atoms with van der Waals surface area (Å²) in [6.45, 7) is 6.94. The van der Waals surface area contributed by atoms with Crippen molar-refractivity contribution < 1.29 is 4.79 Å². The van der Waals surface area contributed by atoms with Gasteiger partial charge in [0.25, 0.3) is 0 Å². The first kappa shape index (κ1) is 13.7. The summed E-state index contributed by atoms with van der Waals surface area (Å²) in [4.78, 5) is 12.7. The van der Waals surface area contributed by atoms with Gasteiger partial charge in [-0.1, -0.05) is 13.8 Å². The molecule has 0 aliphatic rings. The summed E-state index contributed by atoms with van der Waals surface area (Å²) in [5, 5.41) is 13.4. The molecule has 0 aliphatic heterocycles. The van der Waals surface area contributed by atoms with E-state index in [9.17, 15) is 4.79 Å². The van der Waals surface area contributed by atoms with E-state index in [4.69, 9.17) is 5.26 Å². The molecule has 1 rings (SSSR count). The monoisotopic (exact) mass is 250 g/mol. The quantitative estimate of drug-likeness (QED) is 0.873. The van der Waals surface area contributed by atoms with Gasteiger partial charge in [0.15, 0.2) is 0 Å². The van der Waals surface area contributed by atoms with Gasteiger partial charge in [-0.3, -0.25) is 4.79 Å².